The van der Waals surface area contributed by atoms with Crippen LogP contribution in [0.15, 0.2) is 30.3 Å². The topological polar surface area (TPSA) is 32.3 Å². The lowest BCUT2D eigenvalue weighted by molar-refractivity contribution is -0.106. The molecule has 0 amide bonds. The number of rotatable bonds is 5. The Hall–Kier alpha value is -1.10. The fourth-order valence-electron chi connectivity index (χ4n) is 5.30. The number of benzene rings is 1. The monoisotopic (exact) mass is 398 g/mol. The Morgan fingerprint density at radius 3 is 2.54 bits per heavy atom. The van der Waals surface area contributed by atoms with Crippen LogP contribution < -0.4 is 5.32 Å². The van der Waals surface area contributed by atoms with Crippen molar-refractivity contribution >= 4 is 22.5 Å². The Kier molecular flexibility index (Phi) is 6.29. The van der Waals surface area contributed by atoms with Crippen LogP contribution in [0.1, 0.15) is 63.5 Å². The molecule has 1 N–H and O–H groups in total. The van der Waals surface area contributed by atoms with Crippen LogP contribution in [-0.2, 0) is 10.2 Å². The normalized spacial score (nSPS) is 22.5. The first kappa shape index (κ1) is 20.2. The quantitative estimate of drug-likeness (QED) is 0.784. The predicted molar refractivity (Wildman–Crippen MR) is 120 cm³/mol. The molecule has 1 aliphatic carbocycles. The van der Waals surface area contributed by atoms with E-state index in [0.29, 0.717) is 5.25 Å². The van der Waals surface area contributed by atoms with Gasteiger partial charge in [-0.05, 0) is 75.8 Å². The maximum Gasteiger partial charge on any atom is 0.219 e. The van der Waals surface area contributed by atoms with Crippen molar-refractivity contribution in [3.63, 3.8) is 0 Å². The summed E-state index contributed by atoms with van der Waals surface area (Å²) in [5, 5.41) is 4.19. The number of allylic oxidation sites excluding steroid dienone is 1. The summed E-state index contributed by atoms with van der Waals surface area (Å²) in [5.74, 6) is 0. The smallest absolute Gasteiger partial charge is 0.219 e. The van der Waals surface area contributed by atoms with E-state index in [1.807, 2.05) is 0 Å². The molecule has 4 rings (SSSR count). The van der Waals surface area contributed by atoms with Crippen LogP contribution >= 0.6 is 11.8 Å². The summed E-state index contributed by atoms with van der Waals surface area (Å²) in [7, 11) is 0. The second kappa shape index (κ2) is 8.73. The largest absolute Gasteiger partial charge is 0.317 e. The molecule has 2 fully saturated rings. The summed E-state index contributed by atoms with van der Waals surface area (Å²) in [4.78, 5) is 15.9. The second-order valence-electron chi connectivity index (χ2n) is 8.62. The highest BCUT2D eigenvalue weighted by molar-refractivity contribution is 8.15. The zero-order chi connectivity index (χ0) is 19.6. The molecule has 0 aromatic heterocycles. The van der Waals surface area contributed by atoms with Crippen molar-refractivity contribution in [2.24, 2.45) is 0 Å². The van der Waals surface area contributed by atoms with E-state index in [0.717, 1.165) is 63.5 Å². The summed E-state index contributed by atoms with van der Waals surface area (Å²) in [6, 6.07) is 9.42. The number of carbonyl (C=O) groups is 1. The van der Waals surface area contributed by atoms with Gasteiger partial charge in [-0.15, -0.1) is 0 Å². The molecule has 1 spiro atoms. The zero-order valence-electron chi connectivity index (χ0n) is 17.4. The van der Waals surface area contributed by atoms with Gasteiger partial charge in [0, 0.05) is 22.3 Å². The number of nitrogens with one attached hydrogen (secondary N) is 1. The third-order valence-corrected chi connectivity index (χ3v) is 8.53. The first-order valence-electron chi connectivity index (χ1n) is 11.2. The van der Waals surface area contributed by atoms with Gasteiger partial charge in [0.2, 0.25) is 5.12 Å². The SMILES string of the molecule is CCC(CC)SC(=O)C1=CC2(CCN(C3CCNCC3)CC2)c2ccccc21. The maximum absolute atomic E-state index is 13.2. The van der Waals surface area contributed by atoms with Gasteiger partial charge in [0.15, 0.2) is 0 Å². The average molecular weight is 399 g/mol. The third kappa shape index (κ3) is 3.83. The molecule has 1 aromatic rings. The van der Waals surface area contributed by atoms with Crippen LogP contribution in [-0.4, -0.2) is 47.5 Å². The number of hydrogen-bond acceptors (Lipinski definition) is 4. The number of hydrogen-bond donors (Lipinski definition) is 1. The van der Waals surface area contributed by atoms with E-state index in [-0.39, 0.29) is 10.5 Å². The van der Waals surface area contributed by atoms with Gasteiger partial charge in [-0.3, -0.25) is 4.79 Å². The van der Waals surface area contributed by atoms with Crippen LogP contribution in [0.5, 0.6) is 0 Å². The predicted octanol–water partition coefficient (Wildman–Crippen LogP) is 4.62. The summed E-state index contributed by atoms with van der Waals surface area (Å²) in [6.07, 6.45) is 9.29. The molecule has 0 saturated carbocycles. The van der Waals surface area contributed by atoms with Crippen molar-refractivity contribution in [1.82, 2.24) is 10.2 Å². The van der Waals surface area contributed by atoms with Gasteiger partial charge in [-0.2, -0.15) is 0 Å². The molecule has 3 nitrogen and oxygen atoms in total. The summed E-state index contributed by atoms with van der Waals surface area (Å²) in [5.41, 5.74) is 3.64. The molecule has 3 aliphatic rings. The Labute approximate surface area is 174 Å². The molecule has 2 heterocycles. The molecular weight excluding hydrogens is 364 g/mol. The molecule has 0 unspecified atom stereocenters. The lowest BCUT2D eigenvalue weighted by Crippen LogP contribution is -2.49. The average Bonchev–Trinajstić information content (AvgIpc) is 3.07. The Morgan fingerprint density at radius 1 is 1.18 bits per heavy atom. The number of likely N-dealkylation sites (tertiary alicyclic amines) is 1. The van der Waals surface area contributed by atoms with E-state index in [4.69, 9.17) is 0 Å². The lowest BCUT2D eigenvalue weighted by Gasteiger charge is -2.43. The van der Waals surface area contributed by atoms with Crippen molar-refractivity contribution in [3.8, 4) is 0 Å². The van der Waals surface area contributed by atoms with Crippen molar-refractivity contribution < 1.29 is 4.79 Å². The molecule has 0 atom stereocenters. The molecule has 4 heteroatoms. The van der Waals surface area contributed by atoms with Crippen molar-refractivity contribution in [1.29, 1.82) is 0 Å². The molecule has 2 saturated heterocycles. The van der Waals surface area contributed by atoms with Gasteiger partial charge in [0.05, 0.1) is 0 Å². The molecule has 28 heavy (non-hydrogen) atoms. The molecule has 0 bridgehead atoms. The van der Waals surface area contributed by atoms with Gasteiger partial charge in [-0.25, -0.2) is 0 Å². The van der Waals surface area contributed by atoms with E-state index in [1.165, 1.54) is 24.0 Å². The van der Waals surface area contributed by atoms with E-state index < -0.39 is 0 Å². The molecular formula is C24H34N2OS. The summed E-state index contributed by atoms with van der Waals surface area (Å²) in [6.45, 7) is 8.97. The molecule has 1 aromatic carbocycles. The van der Waals surface area contributed by atoms with Gasteiger partial charge in [0.1, 0.15) is 0 Å². The van der Waals surface area contributed by atoms with Gasteiger partial charge in [-0.1, -0.05) is 56.0 Å². The van der Waals surface area contributed by atoms with Crippen LogP contribution in [0, 0.1) is 0 Å². The fraction of sp³-hybridized carbons (Fsp3) is 0.625. The highest BCUT2D eigenvalue weighted by atomic mass is 32.2. The van der Waals surface area contributed by atoms with Crippen LogP contribution in [0.2, 0.25) is 0 Å². The number of nitrogens with zero attached hydrogens (tertiary/aromatic N) is 1. The van der Waals surface area contributed by atoms with Crippen LogP contribution in [0.4, 0.5) is 0 Å². The Balaban J connectivity index is 1.54. The van der Waals surface area contributed by atoms with Crippen molar-refractivity contribution in [3.05, 3.63) is 41.5 Å². The van der Waals surface area contributed by atoms with E-state index in [1.54, 1.807) is 11.8 Å². The first-order chi connectivity index (χ1) is 13.7. The van der Waals surface area contributed by atoms with Gasteiger partial charge in [0.25, 0.3) is 0 Å². The lowest BCUT2D eigenvalue weighted by atomic mass is 9.74. The van der Waals surface area contributed by atoms with E-state index in [9.17, 15) is 4.79 Å². The number of thioether (sulfide) groups is 1. The Bertz CT molecular complexity index is 726. The minimum atomic E-state index is 0.0689. The van der Waals surface area contributed by atoms with Crippen LogP contribution in [0.25, 0.3) is 5.57 Å². The van der Waals surface area contributed by atoms with Gasteiger partial charge >= 0.3 is 0 Å². The standard InChI is InChI=1S/C24H34N2OS/c1-3-19(4-2)28-23(27)21-17-24(22-8-6-5-7-20(21)22)11-15-26(16-12-24)18-9-13-25-14-10-18/h5-8,17-19,25H,3-4,9-16H2,1-2H3. The van der Waals surface area contributed by atoms with Crippen molar-refractivity contribution in [2.45, 2.75) is 69.1 Å². The van der Waals surface area contributed by atoms with E-state index in [2.05, 4.69) is 54.4 Å². The molecule has 152 valence electrons. The Morgan fingerprint density at radius 2 is 1.86 bits per heavy atom. The highest BCUT2D eigenvalue weighted by Crippen LogP contribution is 2.48. The highest BCUT2D eigenvalue weighted by Gasteiger charge is 2.43. The fourth-order valence-corrected chi connectivity index (χ4v) is 6.23. The number of carbonyl (C=O) groups excluding carboxylic acids is 1. The van der Waals surface area contributed by atoms with Gasteiger partial charge < -0.3 is 10.2 Å². The summed E-state index contributed by atoms with van der Waals surface area (Å²) >= 11 is 1.55. The van der Waals surface area contributed by atoms with E-state index >= 15 is 0 Å². The third-order valence-electron chi connectivity index (χ3n) is 7.09. The zero-order valence-corrected chi connectivity index (χ0v) is 18.2. The van der Waals surface area contributed by atoms with Crippen molar-refractivity contribution in [2.75, 3.05) is 26.2 Å². The number of fused-ring (bicyclic) bond motifs is 2. The maximum atomic E-state index is 13.2. The second-order valence-corrected chi connectivity index (χ2v) is 9.89. The van der Waals surface area contributed by atoms with Crippen LogP contribution in [0.3, 0.4) is 0 Å². The first-order valence-corrected chi connectivity index (χ1v) is 12.0. The minimum absolute atomic E-state index is 0.0689. The molecule has 0 radical (unpaired) electrons. The summed E-state index contributed by atoms with van der Waals surface area (Å²) < 4.78 is 0. The number of piperidine rings is 2. The molecule has 2 aliphatic heterocycles. The minimum Gasteiger partial charge on any atom is -0.317 e.